The third kappa shape index (κ3) is 3.06. The van der Waals surface area contributed by atoms with E-state index in [1.165, 1.54) is 0 Å². The maximum Gasteiger partial charge on any atom is 0.0942 e. The van der Waals surface area contributed by atoms with Gasteiger partial charge >= 0.3 is 0 Å². The molecule has 0 heterocycles. The summed E-state index contributed by atoms with van der Waals surface area (Å²) in [4.78, 5) is 0. The van der Waals surface area contributed by atoms with Gasteiger partial charge in [0.1, 0.15) is 0 Å². The van der Waals surface area contributed by atoms with Crippen molar-refractivity contribution >= 4 is 23.0 Å². The number of nitrogens with two attached hydrogens (primary N) is 1. The van der Waals surface area contributed by atoms with Crippen LogP contribution in [-0.4, -0.2) is 29.5 Å². The molecule has 1 unspecified atom stereocenters. The summed E-state index contributed by atoms with van der Waals surface area (Å²) in [6, 6.07) is 5.03. The quantitative estimate of drug-likeness (QED) is 0.559. The predicted molar refractivity (Wildman–Crippen MR) is 57.4 cm³/mol. The molecule has 1 aromatic carbocycles. The van der Waals surface area contributed by atoms with Crippen molar-refractivity contribution in [1.29, 1.82) is 0 Å². The van der Waals surface area contributed by atoms with Crippen LogP contribution in [0.5, 0.6) is 0 Å². The van der Waals surface area contributed by atoms with Crippen LogP contribution < -0.4 is 11.1 Å². The Bertz CT molecular complexity index is 307. The summed E-state index contributed by atoms with van der Waals surface area (Å²) >= 11 is 5.76. The molecule has 0 aliphatic heterocycles. The first-order valence-corrected chi connectivity index (χ1v) is 4.59. The van der Waals surface area contributed by atoms with Gasteiger partial charge < -0.3 is 21.3 Å². The molecule has 0 aromatic heterocycles. The summed E-state index contributed by atoms with van der Waals surface area (Å²) in [5.41, 5.74) is 6.86. The molecule has 0 fully saturated rings. The number of nitrogens with one attached hydrogen (secondary N) is 1. The Labute approximate surface area is 87.3 Å². The van der Waals surface area contributed by atoms with Gasteiger partial charge in [-0.2, -0.15) is 0 Å². The van der Waals surface area contributed by atoms with Gasteiger partial charge in [0, 0.05) is 11.6 Å². The second-order valence-corrected chi connectivity index (χ2v) is 3.39. The molecule has 0 spiro atoms. The number of benzene rings is 1. The molecule has 1 aromatic rings. The average molecular weight is 217 g/mol. The number of rotatable bonds is 4. The number of nitrogen functional groups attached to an aromatic ring is 1. The number of hydrogen-bond acceptors (Lipinski definition) is 4. The fourth-order valence-corrected chi connectivity index (χ4v) is 1.15. The first-order valence-electron chi connectivity index (χ1n) is 4.21. The lowest BCUT2D eigenvalue weighted by Crippen LogP contribution is -2.23. The Kier molecular flexibility index (Phi) is 4.00. The minimum atomic E-state index is -0.798. The number of anilines is 2. The molecule has 1 rings (SSSR count). The molecule has 1 atom stereocenters. The fourth-order valence-electron chi connectivity index (χ4n) is 0.974. The number of hydrogen-bond donors (Lipinski definition) is 4. The standard InChI is InChI=1S/C9H13ClN2O2/c10-6-1-2-8(11)9(3-6)12-4-7(14)5-13/h1-3,7,12-14H,4-5,11H2. The zero-order valence-corrected chi connectivity index (χ0v) is 8.33. The first-order chi connectivity index (χ1) is 6.63. The zero-order chi connectivity index (χ0) is 10.6. The summed E-state index contributed by atoms with van der Waals surface area (Å²) in [7, 11) is 0. The van der Waals surface area contributed by atoms with Gasteiger partial charge in [-0.3, -0.25) is 0 Å². The normalized spacial score (nSPS) is 12.5. The maximum absolute atomic E-state index is 9.09. The van der Waals surface area contributed by atoms with E-state index in [0.717, 1.165) is 0 Å². The van der Waals surface area contributed by atoms with E-state index in [1.807, 2.05) is 0 Å². The fraction of sp³-hybridized carbons (Fsp3) is 0.333. The van der Waals surface area contributed by atoms with Gasteiger partial charge in [-0.1, -0.05) is 11.6 Å². The van der Waals surface area contributed by atoms with Gasteiger partial charge in [0.2, 0.25) is 0 Å². The molecule has 5 heteroatoms. The van der Waals surface area contributed by atoms with E-state index in [9.17, 15) is 0 Å². The van der Waals surface area contributed by atoms with Crippen molar-refractivity contribution in [3.8, 4) is 0 Å². The highest BCUT2D eigenvalue weighted by Crippen LogP contribution is 2.22. The van der Waals surface area contributed by atoms with Crippen molar-refractivity contribution in [3.63, 3.8) is 0 Å². The monoisotopic (exact) mass is 216 g/mol. The Morgan fingerprint density at radius 3 is 2.86 bits per heavy atom. The molecule has 0 bridgehead atoms. The molecule has 0 amide bonds. The lowest BCUT2D eigenvalue weighted by molar-refractivity contribution is 0.105. The summed E-state index contributed by atoms with van der Waals surface area (Å²) in [6.07, 6.45) is -0.798. The third-order valence-corrected chi connectivity index (χ3v) is 1.99. The molecular weight excluding hydrogens is 204 g/mol. The highest BCUT2D eigenvalue weighted by atomic mass is 35.5. The van der Waals surface area contributed by atoms with Gasteiger partial charge in [0.15, 0.2) is 0 Å². The van der Waals surface area contributed by atoms with Crippen molar-refractivity contribution in [1.82, 2.24) is 0 Å². The summed E-state index contributed by atoms with van der Waals surface area (Å²) in [5.74, 6) is 0. The molecule has 4 nitrogen and oxygen atoms in total. The van der Waals surface area contributed by atoms with Gasteiger partial charge in [-0.15, -0.1) is 0 Å². The zero-order valence-electron chi connectivity index (χ0n) is 7.57. The van der Waals surface area contributed by atoms with Gasteiger partial charge in [-0.05, 0) is 18.2 Å². The van der Waals surface area contributed by atoms with E-state index >= 15 is 0 Å². The molecule has 78 valence electrons. The van der Waals surface area contributed by atoms with E-state index in [4.69, 9.17) is 27.5 Å². The molecule has 0 saturated carbocycles. The maximum atomic E-state index is 9.09. The lowest BCUT2D eigenvalue weighted by atomic mass is 10.2. The molecular formula is C9H13ClN2O2. The largest absolute Gasteiger partial charge is 0.397 e. The molecule has 0 aliphatic carbocycles. The third-order valence-electron chi connectivity index (χ3n) is 1.75. The van der Waals surface area contributed by atoms with Crippen LogP contribution in [0.25, 0.3) is 0 Å². The van der Waals surface area contributed by atoms with Crippen LogP contribution in [0.15, 0.2) is 18.2 Å². The van der Waals surface area contributed by atoms with Crippen LogP contribution in [-0.2, 0) is 0 Å². The predicted octanol–water partition coefficient (Wildman–Crippen LogP) is 0.687. The van der Waals surface area contributed by atoms with Crippen molar-refractivity contribution < 1.29 is 10.2 Å². The van der Waals surface area contributed by atoms with Crippen LogP contribution in [0.3, 0.4) is 0 Å². The van der Waals surface area contributed by atoms with E-state index in [-0.39, 0.29) is 13.2 Å². The van der Waals surface area contributed by atoms with Crippen molar-refractivity contribution in [2.24, 2.45) is 0 Å². The minimum Gasteiger partial charge on any atom is -0.397 e. The Morgan fingerprint density at radius 2 is 2.21 bits per heavy atom. The van der Waals surface area contributed by atoms with E-state index in [0.29, 0.717) is 16.4 Å². The van der Waals surface area contributed by atoms with Crippen LogP contribution in [0, 0.1) is 0 Å². The highest BCUT2D eigenvalue weighted by molar-refractivity contribution is 6.31. The molecule has 14 heavy (non-hydrogen) atoms. The number of halogens is 1. The van der Waals surface area contributed by atoms with Gasteiger partial charge in [0.05, 0.1) is 24.1 Å². The average Bonchev–Trinajstić information content (AvgIpc) is 2.19. The Balaban J connectivity index is 2.62. The second kappa shape index (κ2) is 5.05. The summed E-state index contributed by atoms with van der Waals surface area (Å²) < 4.78 is 0. The van der Waals surface area contributed by atoms with Crippen LogP contribution >= 0.6 is 11.6 Å². The number of aliphatic hydroxyl groups excluding tert-OH is 2. The lowest BCUT2D eigenvalue weighted by Gasteiger charge is -2.12. The second-order valence-electron chi connectivity index (χ2n) is 2.95. The molecule has 5 N–H and O–H groups in total. The van der Waals surface area contributed by atoms with Gasteiger partial charge in [-0.25, -0.2) is 0 Å². The van der Waals surface area contributed by atoms with Crippen molar-refractivity contribution in [2.45, 2.75) is 6.10 Å². The topological polar surface area (TPSA) is 78.5 Å². The van der Waals surface area contributed by atoms with Gasteiger partial charge in [0.25, 0.3) is 0 Å². The summed E-state index contributed by atoms with van der Waals surface area (Å²) in [5, 5.41) is 21.1. The smallest absolute Gasteiger partial charge is 0.0942 e. The van der Waals surface area contributed by atoms with Crippen molar-refractivity contribution in [3.05, 3.63) is 23.2 Å². The highest BCUT2D eigenvalue weighted by Gasteiger charge is 2.03. The summed E-state index contributed by atoms with van der Waals surface area (Å²) in [6.45, 7) is -0.0471. The number of aliphatic hydroxyl groups is 2. The minimum absolute atomic E-state index is 0.237. The van der Waals surface area contributed by atoms with Crippen molar-refractivity contribution in [2.75, 3.05) is 24.2 Å². The van der Waals surface area contributed by atoms with Crippen LogP contribution in [0.1, 0.15) is 0 Å². The molecule has 0 aliphatic rings. The Hall–Kier alpha value is -0.970. The molecule has 0 saturated heterocycles. The SMILES string of the molecule is Nc1ccc(Cl)cc1NCC(O)CO. The molecule has 0 radical (unpaired) electrons. The first kappa shape index (κ1) is 11.1. The Morgan fingerprint density at radius 1 is 1.50 bits per heavy atom. The van der Waals surface area contributed by atoms with Crippen LogP contribution in [0.2, 0.25) is 5.02 Å². The van der Waals surface area contributed by atoms with E-state index in [1.54, 1.807) is 18.2 Å². The van der Waals surface area contributed by atoms with E-state index < -0.39 is 6.10 Å². The van der Waals surface area contributed by atoms with Crippen LogP contribution in [0.4, 0.5) is 11.4 Å². The van der Waals surface area contributed by atoms with E-state index in [2.05, 4.69) is 5.32 Å².